The number of amides is 2. The monoisotopic (exact) mass is 439 g/mol. The maximum absolute atomic E-state index is 13.4. The molecule has 7 heteroatoms. The molecule has 1 aliphatic carbocycles. The average molecular weight is 440 g/mol. The minimum absolute atomic E-state index is 0.0525. The lowest BCUT2D eigenvalue weighted by Crippen LogP contribution is -2.38. The second kappa shape index (κ2) is 10.0. The van der Waals surface area contributed by atoms with E-state index in [0.717, 1.165) is 32.1 Å². The molecule has 0 aromatic heterocycles. The number of fused-ring (bicyclic) bond motifs is 1. The van der Waals surface area contributed by atoms with E-state index in [1.165, 1.54) is 0 Å². The van der Waals surface area contributed by atoms with Crippen molar-refractivity contribution >= 4 is 23.2 Å². The van der Waals surface area contributed by atoms with Crippen LogP contribution in [-0.4, -0.2) is 17.9 Å². The number of carbonyl (C=O) groups excluding carboxylic acids is 2. The van der Waals surface area contributed by atoms with Gasteiger partial charge in [-0.25, -0.2) is 0 Å². The number of nitrogens with zero attached hydrogens (tertiary/aromatic N) is 2. The van der Waals surface area contributed by atoms with E-state index in [4.69, 9.17) is 0 Å². The van der Waals surface area contributed by atoms with Crippen LogP contribution in [0.5, 0.6) is 0 Å². The first-order chi connectivity index (χ1) is 16.1. The van der Waals surface area contributed by atoms with Crippen molar-refractivity contribution in [2.45, 2.75) is 44.1 Å². The summed E-state index contributed by atoms with van der Waals surface area (Å²) >= 11 is 0. The number of carbonyl (C=O) groups is 2. The van der Waals surface area contributed by atoms with Crippen molar-refractivity contribution in [3.63, 3.8) is 0 Å². The number of allylic oxidation sites excluding steroid dienone is 1. The molecule has 2 aliphatic rings. The van der Waals surface area contributed by atoms with E-state index in [-0.39, 0.29) is 11.6 Å². The third kappa shape index (κ3) is 4.73. The van der Waals surface area contributed by atoms with Gasteiger partial charge in [0, 0.05) is 11.7 Å². The summed E-state index contributed by atoms with van der Waals surface area (Å²) in [6, 6.07) is 20.3. The summed E-state index contributed by atoms with van der Waals surface area (Å²) in [5.74, 6) is -2.99. The van der Waals surface area contributed by atoms with E-state index < -0.39 is 23.7 Å². The Bertz CT molecular complexity index is 1100. The molecule has 2 aromatic rings. The van der Waals surface area contributed by atoms with Crippen LogP contribution in [0.4, 0.5) is 11.4 Å². The van der Waals surface area contributed by atoms with Crippen LogP contribution in [-0.2, 0) is 9.59 Å². The summed E-state index contributed by atoms with van der Waals surface area (Å²) in [6.45, 7) is 0. The van der Waals surface area contributed by atoms with E-state index in [0.29, 0.717) is 22.6 Å². The first kappa shape index (κ1) is 22.1. The van der Waals surface area contributed by atoms with Crippen molar-refractivity contribution in [1.82, 2.24) is 5.32 Å². The highest BCUT2D eigenvalue weighted by atomic mass is 16.2. The van der Waals surface area contributed by atoms with Crippen LogP contribution in [0.15, 0.2) is 65.9 Å². The molecule has 4 rings (SSSR count). The highest BCUT2D eigenvalue weighted by Crippen LogP contribution is 2.36. The molecule has 1 aliphatic heterocycles. The highest BCUT2D eigenvalue weighted by Gasteiger charge is 2.36. The lowest BCUT2D eigenvalue weighted by Gasteiger charge is -2.31. The van der Waals surface area contributed by atoms with E-state index in [1.54, 1.807) is 24.3 Å². The van der Waals surface area contributed by atoms with Crippen molar-refractivity contribution in [2.75, 3.05) is 10.6 Å². The summed E-state index contributed by atoms with van der Waals surface area (Å²) in [4.78, 5) is 26.7. The zero-order valence-electron chi connectivity index (χ0n) is 18.2. The van der Waals surface area contributed by atoms with Crippen LogP contribution in [0.1, 0.15) is 43.6 Å². The zero-order chi connectivity index (χ0) is 23.2. The maximum Gasteiger partial charge on any atom is 0.263 e. The number of benzene rings is 2. The maximum atomic E-state index is 13.4. The van der Waals surface area contributed by atoms with Crippen molar-refractivity contribution in [2.24, 2.45) is 5.92 Å². The van der Waals surface area contributed by atoms with Gasteiger partial charge in [-0.3, -0.25) is 9.59 Å². The number of hydrogen-bond acceptors (Lipinski definition) is 5. The molecule has 2 amide bonds. The largest absolute Gasteiger partial charge is 0.384 e. The topological polar surface area (TPSA) is 118 Å². The Kier molecular flexibility index (Phi) is 6.71. The van der Waals surface area contributed by atoms with Gasteiger partial charge in [-0.05, 0) is 30.5 Å². The van der Waals surface area contributed by atoms with E-state index in [9.17, 15) is 20.1 Å². The Labute approximate surface area is 193 Å². The van der Waals surface area contributed by atoms with Gasteiger partial charge < -0.3 is 16.0 Å². The number of nitriles is 2. The van der Waals surface area contributed by atoms with Crippen LogP contribution >= 0.6 is 0 Å². The summed E-state index contributed by atoms with van der Waals surface area (Å²) < 4.78 is 0. The van der Waals surface area contributed by atoms with Crippen LogP contribution in [0.2, 0.25) is 0 Å². The Morgan fingerprint density at radius 3 is 1.94 bits per heavy atom. The predicted octanol–water partition coefficient (Wildman–Crippen LogP) is 4.20. The minimum Gasteiger partial charge on any atom is -0.384 e. The fourth-order valence-electron chi connectivity index (χ4n) is 4.57. The van der Waals surface area contributed by atoms with Crippen molar-refractivity contribution in [3.05, 3.63) is 71.4 Å². The molecule has 0 radical (unpaired) electrons. The number of nitrogens with one attached hydrogen (secondary N) is 3. The van der Waals surface area contributed by atoms with Gasteiger partial charge in [0.1, 0.15) is 11.5 Å². The molecule has 1 unspecified atom stereocenters. The molecule has 33 heavy (non-hydrogen) atoms. The van der Waals surface area contributed by atoms with Gasteiger partial charge in [0.2, 0.25) is 0 Å². The van der Waals surface area contributed by atoms with Crippen LogP contribution in [0, 0.1) is 28.6 Å². The van der Waals surface area contributed by atoms with Crippen molar-refractivity contribution in [1.29, 1.82) is 10.5 Å². The summed E-state index contributed by atoms with van der Waals surface area (Å²) in [5.41, 5.74) is 1.91. The molecule has 1 atom stereocenters. The molecule has 0 saturated heterocycles. The van der Waals surface area contributed by atoms with Gasteiger partial charge >= 0.3 is 0 Å². The summed E-state index contributed by atoms with van der Waals surface area (Å²) in [6.07, 6.45) is 5.01. The molecule has 2 aromatic carbocycles. The van der Waals surface area contributed by atoms with Gasteiger partial charge in [-0.2, -0.15) is 10.5 Å². The first-order valence-electron chi connectivity index (χ1n) is 11.2. The smallest absolute Gasteiger partial charge is 0.263 e. The van der Waals surface area contributed by atoms with E-state index in [2.05, 4.69) is 28.1 Å². The second-order valence-electron chi connectivity index (χ2n) is 8.35. The lowest BCUT2D eigenvalue weighted by molar-refractivity contribution is -0.118. The molecular formula is C26H25N5O2. The fourth-order valence-corrected chi connectivity index (χ4v) is 4.57. The normalized spacial score (nSPS) is 17.0. The van der Waals surface area contributed by atoms with Crippen LogP contribution in [0.3, 0.4) is 0 Å². The highest BCUT2D eigenvalue weighted by molar-refractivity contribution is 6.29. The first-order valence-corrected chi connectivity index (χ1v) is 11.2. The molecule has 0 spiro atoms. The number of rotatable bonds is 5. The molecule has 1 fully saturated rings. The fraction of sp³-hybridized carbons (Fsp3) is 0.308. The van der Waals surface area contributed by atoms with Gasteiger partial charge in [0.25, 0.3) is 11.8 Å². The Morgan fingerprint density at radius 1 is 0.848 bits per heavy atom. The van der Waals surface area contributed by atoms with Gasteiger partial charge in [0.05, 0.1) is 29.4 Å². The molecule has 1 saturated carbocycles. The molecule has 166 valence electrons. The van der Waals surface area contributed by atoms with Crippen LogP contribution < -0.4 is 16.0 Å². The third-order valence-electron chi connectivity index (χ3n) is 6.19. The molecule has 3 N–H and O–H groups in total. The number of hydrogen-bond donors (Lipinski definition) is 3. The van der Waals surface area contributed by atoms with Gasteiger partial charge in [0.15, 0.2) is 0 Å². The quantitative estimate of drug-likeness (QED) is 0.477. The lowest BCUT2D eigenvalue weighted by atomic mass is 9.81. The predicted molar refractivity (Wildman–Crippen MR) is 125 cm³/mol. The number of para-hydroxylation sites is 2. The van der Waals surface area contributed by atoms with E-state index in [1.807, 2.05) is 30.3 Å². The van der Waals surface area contributed by atoms with Gasteiger partial charge in [-0.1, -0.05) is 61.7 Å². The number of anilines is 2. The van der Waals surface area contributed by atoms with Gasteiger partial charge in [-0.15, -0.1) is 0 Å². The minimum atomic E-state index is -1.09. The summed E-state index contributed by atoms with van der Waals surface area (Å²) in [7, 11) is 0. The molecule has 1 heterocycles. The van der Waals surface area contributed by atoms with Crippen molar-refractivity contribution in [3.8, 4) is 12.1 Å². The van der Waals surface area contributed by atoms with Crippen molar-refractivity contribution < 1.29 is 9.59 Å². The standard InChI is InChI=1S/C26H25N5O2/c27-15-18(16-28)22(17-9-3-1-4-10-17)24(29-19-11-5-2-6-12-19)23-25(32)30-20-13-7-8-14-21(20)31-26(23)33/h1,3-4,7-10,13-14,18-19,22,29H,2,5-6,11-12H2,(H,30,32)(H,31,33). The Balaban J connectivity index is 1.89. The zero-order valence-corrected chi connectivity index (χ0v) is 18.2. The third-order valence-corrected chi connectivity index (χ3v) is 6.19. The van der Waals surface area contributed by atoms with E-state index >= 15 is 0 Å². The SMILES string of the molecule is N#CC(C#N)C(C(NC1CCCCC1)=C1C(=O)Nc2ccccc2NC1=O)c1ccccc1. The summed E-state index contributed by atoms with van der Waals surface area (Å²) in [5, 5.41) is 28.7. The average Bonchev–Trinajstić information content (AvgIpc) is 2.97. The molecular weight excluding hydrogens is 414 g/mol. The molecule has 7 nitrogen and oxygen atoms in total. The Hall–Kier alpha value is -4.10. The molecule has 0 bridgehead atoms. The Morgan fingerprint density at radius 2 is 1.39 bits per heavy atom. The van der Waals surface area contributed by atoms with Crippen LogP contribution in [0.25, 0.3) is 0 Å². The second-order valence-corrected chi connectivity index (χ2v) is 8.35.